The maximum atomic E-state index is 12.5. The molecular formula is C26H27N3O5. The number of hydrogen-bond donors (Lipinski definition) is 1. The first-order chi connectivity index (χ1) is 16.6. The molecular weight excluding hydrogens is 434 g/mol. The molecule has 0 aliphatic rings. The number of amides is 1. The summed E-state index contributed by atoms with van der Waals surface area (Å²) in [6, 6.07) is 18.5. The van der Waals surface area contributed by atoms with Crippen molar-refractivity contribution in [1.82, 2.24) is 15.1 Å². The molecule has 0 spiro atoms. The molecule has 0 aliphatic heterocycles. The van der Waals surface area contributed by atoms with Crippen LogP contribution in [0, 0.1) is 6.92 Å². The minimum atomic E-state index is -0.0830. The van der Waals surface area contributed by atoms with Crippen molar-refractivity contribution in [2.45, 2.75) is 26.3 Å². The van der Waals surface area contributed by atoms with E-state index in [9.17, 15) is 4.79 Å². The van der Waals surface area contributed by atoms with Crippen LogP contribution in [0.4, 0.5) is 0 Å². The lowest BCUT2D eigenvalue weighted by atomic mass is 10.1. The second-order valence-electron chi connectivity index (χ2n) is 7.62. The third kappa shape index (κ3) is 5.40. The molecule has 0 fully saturated rings. The van der Waals surface area contributed by atoms with E-state index in [-0.39, 0.29) is 12.3 Å². The molecule has 8 nitrogen and oxygen atoms in total. The SMILES string of the molecule is COc1ccc(-n2nc(C)c(CCC(=O)NCc3ccco3)c2Oc2cccc(OC)c2)cc1. The van der Waals surface area contributed by atoms with Gasteiger partial charge in [0.1, 0.15) is 23.0 Å². The maximum Gasteiger partial charge on any atom is 0.226 e. The number of furan rings is 1. The van der Waals surface area contributed by atoms with Crippen LogP contribution in [0.1, 0.15) is 23.4 Å². The van der Waals surface area contributed by atoms with E-state index in [4.69, 9.17) is 23.7 Å². The number of benzene rings is 2. The summed E-state index contributed by atoms with van der Waals surface area (Å²) in [5.74, 6) is 3.21. The first-order valence-electron chi connectivity index (χ1n) is 10.9. The molecule has 0 saturated carbocycles. The van der Waals surface area contributed by atoms with Gasteiger partial charge in [0.05, 0.1) is 38.4 Å². The van der Waals surface area contributed by atoms with Crippen LogP contribution < -0.4 is 19.5 Å². The number of carbonyl (C=O) groups excluding carboxylic acids is 1. The summed E-state index contributed by atoms with van der Waals surface area (Å²) >= 11 is 0. The number of nitrogens with one attached hydrogen (secondary N) is 1. The van der Waals surface area contributed by atoms with Crippen LogP contribution in [0.15, 0.2) is 71.3 Å². The van der Waals surface area contributed by atoms with Crippen molar-refractivity contribution in [3.63, 3.8) is 0 Å². The predicted molar refractivity (Wildman–Crippen MR) is 127 cm³/mol. The van der Waals surface area contributed by atoms with Crippen LogP contribution >= 0.6 is 0 Å². The monoisotopic (exact) mass is 461 g/mol. The van der Waals surface area contributed by atoms with Gasteiger partial charge in [0.2, 0.25) is 11.8 Å². The van der Waals surface area contributed by atoms with E-state index in [0.717, 1.165) is 22.7 Å². The molecule has 0 aliphatic carbocycles. The zero-order valence-corrected chi connectivity index (χ0v) is 19.4. The van der Waals surface area contributed by atoms with E-state index >= 15 is 0 Å². The van der Waals surface area contributed by atoms with E-state index in [1.165, 1.54) is 0 Å². The standard InChI is InChI=1S/C26H27N3O5/c1-18-24(13-14-25(30)27-17-23-8-5-15-33-23)26(34-22-7-4-6-21(16-22)32-3)29(28-18)19-9-11-20(31-2)12-10-19/h4-12,15-16H,13-14,17H2,1-3H3,(H,27,30). The average molecular weight is 462 g/mol. The van der Waals surface area contributed by atoms with Crippen molar-refractivity contribution in [2.75, 3.05) is 14.2 Å². The van der Waals surface area contributed by atoms with Crippen LogP contribution in [0.5, 0.6) is 23.1 Å². The highest BCUT2D eigenvalue weighted by atomic mass is 16.5. The van der Waals surface area contributed by atoms with Gasteiger partial charge in [-0.1, -0.05) is 6.07 Å². The van der Waals surface area contributed by atoms with E-state index in [1.807, 2.05) is 55.5 Å². The number of ether oxygens (including phenoxy) is 3. The lowest BCUT2D eigenvalue weighted by Gasteiger charge is -2.12. The number of nitrogens with zero attached hydrogens (tertiary/aromatic N) is 2. The van der Waals surface area contributed by atoms with Crippen molar-refractivity contribution < 1.29 is 23.4 Å². The van der Waals surface area contributed by atoms with Gasteiger partial charge in [-0.15, -0.1) is 0 Å². The Kier molecular flexibility index (Phi) is 7.17. The highest BCUT2D eigenvalue weighted by Gasteiger charge is 2.20. The zero-order valence-electron chi connectivity index (χ0n) is 19.4. The lowest BCUT2D eigenvalue weighted by molar-refractivity contribution is -0.121. The number of hydrogen-bond acceptors (Lipinski definition) is 6. The van der Waals surface area contributed by atoms with E-state index in [0.29, 0.717) is 36.1 Å². The third-order valence-corrected chi connectivity index (χ3v) is 5.35. The molecule has 8 heteroatoms. The lowest BCUT2D eigenvalue weighted by Crippen LogP contribution is -2.22. The van der Waals surface area contributed by atoms with E-state index < -0.39 is 0 Å². The van der Waals surface area contributed by atoms with E-state index in [1.54, 1.807) is 37.3 Å². The Hall–Kier alpha value is -4.20. The van der Waals surface area contributed by atoms with Gasteiger partial charge in [-0.25, -0.2) is 4.68 Å². The second kappa shape index (κ2) is 10.6. The van der Waals surface area contributed by atoms with Gasteiger partial charge in [0.15, 0.2) is 0 Å². The van der Waals surface area contributed by atoms with Crippen LogP contribution in [-0.2, 0) is 17.8 Å². The molecule has 0 radical (unpaired) electrons. The minimum absolute atomic E-state index is 0.0830. The normalized spacial score (nSPS) is 10.7. The summed E-state index contributed by atoms with van der Waals surface area (Å²) in [6.07, 6.45) is 2.33. The summed E-state index contributed by atoms with van der Waals surface area (Å²) in [4.78, 5) is 12.5. The fourth-order valence-corrected chi connectivity index (χ4v) is 3.53. The number of rotatable bonds is 10. The fraction of sp³-hybridized carbons (Fsp3) is 0.231. The highest BCUT2D eigenvalue weighted by molar-refractivity contribution is 5.76. The van der Waals surface area contributed by atoms with Gasteiger partial charge >= 0.3 is 0 Å². The van der Waals surface area contributed by atoms with Crippen LogP contribution in [0.3, 0.4) is 0 Å². The predicted octanol–water partition coefficient (Wildman–Crippen LogP) is 4.83. The fourth-order valence-electron chi connectivity index (χ4n) is 3.53. The topological polar surface area (TPSA) is 87.8 Å². The molecule has 2 aromatic heterocycles. The number of methoxy groups -OCH3 is 2. The van der Waals surface area contributed by atoms with E-state index in [2.05, 4.69) is 5.32 Å². The van der Waals surface area contributed by atoms with Gasteiger partial charge in [-0.2, -0.15) is 5.10 Å². The molecule has 1 amide bonds. The van der Waals surface area contributed by atoms with Gasteiger partial charge < -0.3 is 23.9 Å². The smallest absolute Gasteiger partial charge is 0.226 e. The highest BCUT2D eigenvalue weighted by Crippen LogP contribution is 2.33. The third-order valence-electron chi connectivity index (χ3n) is 5.35. The minimum Gasteiger partial charge on any atom is -0.497 e. The molecule has 0 saturated heterocycles. The molecule has 34 heavy (non-hydrogen) atoms. The molecule has 176 valence electrons. The Morgan fingerprint density at radius 1 is 1.00 bits per heavy atom. The summed E-state index contributed by atoms with van der Waals surface area (Å²) in [5, 5.41) is 7.59. The summed E-state index contributed by atoms with van der Waals surface area (Å²) < 4.78 is 23.9. The maximum absolute atomic E-state index is 12.5. The summed E-state index contributed by atoms with van der Waals surface area (Å²) in [6.45, 7) is 2.26. The molecule has 2 heterocycles. The second-order valence-corrected chi connectivity index (χ2v) is 7.62. The average Bonchev–Trinajstić information content (AvgIpc) is 3.49. The molecule has 1 N–H and O–H groups in total. The molecule has 4 rings (SSSR count). The quantitative estimate of drug-likeness (QED) is 0.364. The number of aryl methyl sites for hydroxylation is 1. The Morgan fingerprint density at radius 3 is 2.47 bits per heavy atom. The van der Waals surface area contributed by atoms with Crippen molar-refractivity contribution in [2.24, 2.45) is 0 Å². The van der Waals surface area contributed by atoms with Crippen molar-refractivity contribution >= 4 is 5.91 Å². The van der Waals surface area contributed by atoms with Gasteiger partial charge in [-0.05, 0) is 61.9 Å². The van der Waals surface area contributed by atoms with Crippen molar-refractivity contribution in [3.05, 3.63) is 83.9 Å². The number of aromatic nitrogens is 2. The molecule has 4 aromatic rings. The van der Waals surface area contributed by atoms with Crippen molar-refractivity contribution in [1.29, 1.82) is 0 Å². The van der Waals surface area contributed by atoms with Gasteiger partial charge in [-0.3, -0.25) is 4.79 Å². The van der Waals surface area contributed by atoms with Crippen molar-refractivity contribution in [3.8, 4) is 28.8 Å². The molecule has 0 bridgehead atoms. The molecule has 0 atom stereocenters. The first-order valence-corrected chi connectivity index (χ1v) is 10.9. The Morgan fingerprint density at radius 2 is 1.76 bits per heavy atom. The van der Waals surface area contributed by atoms with Gasteiger partial charge in [0.25, 0.3) is 0 Å². The summed E-state index contributed by atoms with van der Waals surface area (Å²) in [7, 11) is 3.23. The van der Waals surface area contributed by atoms with Crippen LogP contribution in [0.25, 0.3) is 5.69 Å². The largest absolute Gasteiger partial charge is 0.497 e. The molecule has 2 aromatic carbocycles. The first kappa shape index (κ1) is 23.0. The van der Waals surface area contributed by atoms with Gasteiger partial charge in [0, 0.05) is 18.1 Å². The molecule has 0 unspecified atom stereocenters. The van der Waals surface area contributed by atoms with Crippen LogP contribution in [0.2, 0.25) is 0 Å². The summed E-state index contributed by atoms with van der Waals surface area (Å²) in [5.41, 5.74) is 2.45. The Labute approximate surface area is 198 Å². The zero-order chi connectivity index (χ0) is 23.9. The Bertz CT molecular complexity index is 1230. The number of carbonyl (C=O) groups is 1. The Balaban J connectivity index is 1.59. The van der Waals surface area contributed by atoms with Crippen LogP contribution in [-0.4, -0.2) is 29.9 Å².